The summed E-state index contributed by atoms with van der Waals surface area (Å²) in [6.45, 7) is 9.13. The molecule has 2 N–H and O–H groups in total. The van der Waals surface area contributed by atoms with Crippen LogP contribution in [0.5, 0.6) is 0 Å². The molecular formula is C34H38F3N5O5S. The number of nitrogens with zero attached hydrogens (tertiary/aromatic N) is 4. The number of hydrogen-bond acceptors (Lipinski definition) is 8. The number of alkyl halides is 3. The largest absolute Gasteiger partial charge is 0.444 e. The molecule has 0 aliphatic carbocycles. The Bertz CT molecular complexity index is 1950. The summed E-state index contributed by atoms with van der Waals surface area (Å²) in [6, 6.07) is 11.9. The fraction of sp³-hybridized carbons (Fsp3) is 0.382. The molecule has 4 aromatic rings. The van der Waals surface area contributed by atoms with E-state index in [2.05, 4.69) is 15.3 Å². The lowest BCUT2D eigenvalue weighted by molar-refractivity contribution is -0.137. The number of rotatable bonds is 7. The molecule has 2 aromatic heterocycles. The van der Waals surface area contributed by atoms with Gasteiger partial charge in [0.2, 0.25) is 5.95 Å². The minimum Gasteiger partial charge on any atom is -0.444 e. The molecule has 0 spiro atoms. The van der Waals surface area contributed by atoms with Crippen LogP contribution in [0.4, 0.5) is 23.9 Å². The third kappa shape index (κ3) is 7.98. The van der Waals surface area contributed by atoms with Crippen molar-refractivity contribution in [3.05, 3.63) is 78.1 Å². The van der Waals surface area contributed by atoms with Gasteiger partial charge >= 0.3 is 12.3 Å². The Morgan fingerprint density at radius 3 is 2.44 bits per heavy atom. The van der Waals surface area contributed by atoms with E-state index in [0.717, 1.165) is 10.2 Å². The van der Waals surface area contributed by atoms with Gasteiger partial charge in [-0.1, -0.05) is 42.5 Å². The maximum atomic E-state index is 14.5. The Morgan fingerprint density at radius 1 is 1.08 bits per heavy atom. The smallest absolute Gasteiger partial charge is 0.419 e. The highest BCUT2D eigenvalue weighted by Gasteiger charge is 2.37. The van der Waals surface area contributed by atoms with Crippen molar-refractivity contribution in [2.24, 2.45) is 0 Å². The minimum atomic E-state index is -4.87. The molecule has 3 heterocycles. The second-order valence-corrected chi connectivity index (χ2v) is 15.1. The quantitative estimate of drug-likeness (QED) is 0.214. The fourth-order valence-electron chi connectivity index (χ4n) is 5.35. The van der Waals surface area contributed by atoms with Gasteiger partial charge in [0.25, 0.3) is 10.0 Å². The molecule has 1 aliphatic heterocycles. The van der Waals surface area contributed by atoms with Gasteiger partial charge in [0.05, 0.1) is 21.7 Å². The zero-order valence-corrected chi connectivity index (χ0v) is 28.1. The number of fused-ring (bicyclic) bond motifs is 1. The average Bonchev–Trinajstić information content (AvgIpc) is 3.38. The Kier molecular flexibility index (Phi) is 9.36. The molecule has 0 bridgehead atoms. The molecule has 256 valence electrons. The number of ether oxygens (including phenoxy) is 1. The summed E-state index contributed by atoms with van der Waals surface area (Å²) in [5.41, 5.74) is -2.94. The Hall–Kier alpha value is -4.43. The van der Waals surface area contributed by atoms with Crippen molar-refractivity contribution in [2.45, 2.75) is 75.8 Å². The summed E-state index contributed by atoms with van der Waals surface area (Å²) in [5.74, 6) is -0.106. The Balaban J connectivity index is 1.61. The summed E-state index contributed by atoms with van der Waals surface area (Å²) in [7, 11) is -4.27. The summed E-state index contributed by atoms with van der Waals surface area (Å²) in [5, 5.41) is 13.5. The maximum Gasteiger partial charge on any atom is 0.419 e. The van der Waals surface area contributed by atoms with Crippen LogP contribution in [-0.2, 0) is 20.9 Å². The van der Waals surface area contributed by atoms with Gasteiger partial charge in [-0.25, -0.2) is 27.2 Å². The van der Waals surface area contributed by atoms with Crippen molar-refractivity contribution in [3.63, 3.8) is 0 Å². The standard InChI is InChI=1S/C34H38F3N5O5S/c1-32(2,3)47-31(43)41-17-9-10-23(20-41)39-30-38-19-27(34(35,36)37)29(40-30)26-21-42(48(45,46)24-11-7-6-8-12-24)28-18-22(13-14-25(26)28)15-16-33(4,5)44/h6-8,11-16,18-19,21,23,44H,9-10,17,20H2,1-5H3,(H,38,39,40)/b16-15+/t23-/m0/s1. The number of amides is 1. The van der Waals surface area contributed by atoms with Crippen molar-refractivity contribution in [1.82, 2.24) is 18.8 Å². The van der Waals surface area contributed by atoms with Crippen molar-refractivity contribution >= 4 is 39.0 Å². The molecule has 1 atom stereocenters. The number of nitrogens with one attached hydrogen (secondary N) is 1. The number of hydrogen-bond donors (Lipinski definition) is 2. The number of aliphatic hydroxyl groups is 1. The van der Waals surface area contributed by atoms with E-state index < -0.39 is 44.8 Å². The number of aromatic nitrogens is 3. The zero-order valence-electron chi connectivity index (χ0n) is 27.2. The van der Waals surface area contributed by atoms with Gasteiger partial charge in [-0.15, -0.1) is 0 Å². The number of halogens is 3. The topological polar surface area (TPSA) is 127 Å². The number of likely N-dealkylation sites (tertiary alicyclic amines) is 1. The van der Waals surface area contributed by atoms with Crippen LogP contribution in [0.25, 0.3) is 28.2 Å². The highest BCUT2D eigenvalue weighted by Crippen LogP contribution is 2.40. The Morgan fingerprint density at radius 2 is 1.79 bits per heavy atom. The minimum absolute atomic E-state index is 0.0567. The van der Waals surface area contributed by atoms with Crippen LogP contribution >= 0.6 is 0 Å². The van der Waals surface area contributed by atoms with E-state index in [1.165, 1.54) is 35.2 Å². The highest BCUT2D eigenvalue weighted by atomic mass is 32.2. The number of anilines is 1. The molecule has 10 nitrogen and oxygen atoms in total. The maximum absolute atomic E-state index is 14.5. The van der Waals surface area contributed by atoms with Crippen LogP contribution < -0.4 is 5.32 Å². The number of piperidine rings is 1. The number of carbonyl (C=O) groups is 1. The van der Waals surface area contributed by atoms with Gasteiger partial charge in [-0.2, -0.15) is 13.2 Å². The number of benzene rings is 2. The van der Waals surface area contributed by atoms with Crippen molar-refractivity contribution in [2.75, 3.05) is 18.4 Å². The lowest BCUT2D eigenvalue weighted by atomic mass is 10.0. The van der Waals surface area contributed by atoms with Crippen LogP contribution in [0.15, 0.2) is 71.9 Å². The number of carbonyl (C=O) groups excluding carboxylic acids is 1. The van der Waals surface area contributed by atoms with Crippen molar-refractivity contribution < 1.29 is 36.2 Å². The van der Waals surface area contributed by atoms with E-state index in [4.69, 9.17) is 4.74 Å². The van der Waals surface area contributed by atoms with Gasteiger partial charge in [-0.05, 0) is 71.2 Å². The molecule has 1 aliphatic rings. The molecule has 1 amide bonds. The predicted octanol–water partition coefficient (Wildman–Crippen LogP) is 6.95. The van der Waals surface area contributed by atoms with Crippen LogP contribution in [0.2, 0.25) is 0 Å². The lowest BCUT2D eigenvalue weighted by Gasteiger charge is -2.34. The van der Waals surface area contributed by atoms with Crippen LogP contribution in [0, 0.1) is 0 Å². The fourth-order valence-corrected chi connectivity index (χ4v) is 6.73. The first-order chi connectivity index (χ1) is 22.3. The third-order valence-corrected chi connectivity index (χ3v) is 9.22. The van der Waals surface area contributed by atoms with Crippen LogP contribution in [0.1, 0.15) is 58.6 Å². The first-order valence-corrected chi connectivity index (χ1v) is 16.8. The second-order valence-electron chi connectivity index (χ2n) is 13.3. The van der Waals surface area contributed by atoms with E-state index in [9.17, 15) is 31.5 Å². The first kappa shape index (κ1) is 34.9. The lowest BCUT2D eigenvalue weighted by Crippen LogP contribution is -2.47. The molecule has 48 heavy (non-hydrogen) atoms. The van der Waals surface area contributed by atoms with E-state index in [1.54, 1.807) is 65.0 Å². The van der Waals surface area contributed by atoms with E-state index in [-0.39, 0.29) is 39.9 Å². The van der Waals surface area contributed by atoms with Gasteiger partial charge in [0.1, 0.15) is 11.2 Å². The molecule has 5 rings (SSSR count). The van der Waals surface area contributed by atoms with E-state index in [1.807, 2.05) is 0 Å². The average molecular weight is 686 g/mol. The summed E-state index contributed by atoms with van der Waals surface area (Å²) in [4.78, 5) is 22.4. The molecule has 0 saturated carbocycles. The molecule has 0 unspecified atom stereocenters. The third-order valence-electron chi connectivity index (χ3n) is 7.54. The van der Waals surface area contributed by atoms with Crippen molar-refractivity contribution in [3.8, 4) is 11.3 Å². The first-order valence-electron chi connectivity index (χ1n) is 15.4. The van der Waals surface area contributed by atoms with Gasteiger partial charge in [-0.3, -0.25) is 0 Å². The van der Waals surface area contributed by atoms with Gasteiger partial charge < -0.3 is 20.1 Å². The van der Waals surface area contributed by atoms with Crippen LogP contribution in [-0.4, -0.2) is 68.8 Å². The monoisotopic (exact) mass is 685 g/mol. The molecule has 1 saturated heterocycles. The molecule has 14 heteroatoms. The Labute approximate surface area is 277 Å². The zero-order chi connectivity index (χ0) is 35.1. The van der Waals surface area contributed by atoms with Crippen LogP contribution in [0.3, 0.4) is 0 Å². The van der Waals surface area contributed by atoms with Gasteiger partial charge in [0, 0.05) is 42.5 Å². The van der Waals surface area contributed by atoms with Gasteiger partial charge in [0.15, 0.2) is 0 Å². The molecule has 2 aromatic carbocycles. The second kappa shape index (κ2) is 12.9. The summed E-state index contributed by atoms with van der Waals surface area (Å²) < 4.78 is 77.6. The van der Waals surface area contributed by atoms with E-state index >= 15 is 0 Å². The highest BCUT2D eigenvalue weighted by molar-refractivity contribution is 7.90. The van der Waals surface area contributed by atoms with E-state index in [0.29, 0.717) is 31.1 Å². The summed E-state index contributed by atoms with van der Waals surface area (Å²) >= 11 is 0. The van der Waals surface area contributed by atoms with Crippen molar-refractivity contribution in [1.29, 1.82) is 0 Å². The molecule has 0 radical (unpaired) electrons. The molecular weight excluding hydrogens is 647 g/mol. The predicted molar refractivity (Wildman–Crippen MR) is 177 cm³/mol. The summed E-state index contributed by atoms with van der Waals surface area (Å²) in [6.07, 6.45) is 0.809. The normalized spacial score (nSPS) is 16.4. The SMILES string of the molecule is CC(C)(O)/C=C/c1ccc2c(-c3nc(N[C@H]4CCCN(C(=O)OC(C)(C)C)C4)ncc3C(F)(F)F)cn(S(=O)(=O)c3ccccc3)c2c1. The molecule has 1 fully saturated rings.